The van der Waals surface area contributed by atoms with Gasteiger partial charge in [-0.25, -0.2) is 9.18 Å². The van der Waals surface area contributed by atoms with E-state index in [0.717, 1.165) is 12.0 Å². The van der Waals surface area contributed by atoms with Crippen molar-refractivity contribution in [3.8, 4) is 5.75 Å². The molecule has 3 rings (SSSR count). The number of unbranched alkanes of at least 4 members (excludes halogenated alkanes) is 1. The summed E-state index contributed by atoms with van der Waals surface area (Å²) in [6.07, 6.45) is 2.04. The molecular weight excluding hydrogens is 436 g/mol. The molecule has 1 fully saturated rings. The predicted octanol–water partition coefficient (Wildman–Crippen LogP) is 3.65. The molecule has 0 aromatic heterocycles. The van der Waals surface area contributed by atoms with E-state index >= 15 is 0 Å². The van der Waals surface area contributed by atoms with E-state index in [1.165, 1.54) is 24.3 Å². The zero-order chi connectivity index (χ0) is 23.0. The number of halogens is 1. The van der Waals surface area contributed by atoms with Crippen molar-refractivity contribution in [1.82, 2.24) is 5.32 Å². The Hall–Kier alpha value is -2.54. The van der Waals surface area contributed by atoms with Crippen molar-refractivity contribution in [2.45, 2.75) is 37.8 Å². The lowest BCUT2D eigenvalue weighted by atomic mass is 10.1. The fourth-order valence-corrected chi connectivity index (χ4v) is 4.90. The average molecular weight is 463 g/mol. The van der Waals surface area contributed by atoms with Crippen LogP contribution in [-0.4, -0.2) is 41.4 Å². The molecule has 0 saturated carbocycles. The summed E-state index contributed by atoms with van der Waals surface area (Å²) in [5, 5.41) is 2.88. The number of carbonyl (C=O) groups excluding carboxylic acids is 2. The van der Waals surface area contributed by atoms with E-state index in [4.69, 9.17) is 9.47 Å². The van der Waals surface area contributed by atoms with E-state index in [2.05, 4.69) is 5.32 Å². The molecule has 7 nitrogen and oxygen atoms in total. The number of hydrogen-bond acceptors (Lipinski definition) is 6. The molecule has 9 heteroatoms. The molecule has 172 valence electrons. The van der Waals surface area contributed by atoms with E-state index < -0.39 is 37.0 Å². The van der Waals surface area contributed by atoms with E-state index in [-0.39, 0.29) is 18.3 Å². The average Bonchev–Trinajstić information content (AvgIpc) is 3.23. The summed E-state index contributed by atoms with van der Waals surface area (Å²) >= 11 is 0. The monoisotopic (exact) mass is 463 g/mol. The third kappa shape index (κ3) is 6.99. The second-order valence-electron chi connectivity index (χ2n) is 7.85. The van der Waals surface area contributed by atoms with Crippen LogP contribution in [0.4, 0.5) is 4.39 Å². The van der Waals surface area contributed by atoms with Gasteiger partial charge in [-0.1, -0.05) is 30.3 Å². The Labute approximate surface area is 186 Å². The second kappa shape index (κ2) is 10.9. The lowest BCUT2D eigenvalue weighted by molar-refractivity contribution is -0.171. The molecule has 1 aliphatic rings. The number of nitrogens with one attached hydrogen (secondary N) is 1. The molecule has 1 unspecified atom stereocenters. The molecule has 1 aliphatic heterocycles. The van der Waals surface area contributed by atoms with Crippen LogP contribution in [0, 0.1) is 5.82 Å². The summed E-state index contributed by atoms with van der Waals surface area (Å²) in [6.45, 7) is 0.463. The van der Waals surface area contributed by atoms with Crippen LogP contribution in [0.1, 0.15) is 31.2 Å². The molecule has 0 amide bonds. The van der Waals surface area contributed by atoms with Crippen molar-refractivity contribution in [3.05, 3.63) is 66.0 Å². The Morgan fingerprint density at radius 1 is 1.09 bits per heavy atom. The summed E-state index contributed by atoms with van der Waals surface area (Å²) < 4.78 is 36.1. The Kier molecular flexibility index (Phi) is 8.18. The fraction of sp³-hybridized carbons (Fsp3) is 0.391. The highest BCUT2D eigenvalue weighted by Gasteiger charge is 2.46. The van der Waals surface area contributed by atoms with Crippen LogP contribution < -0.4 is 10.1 Å². The number of hydrogen-bond donors (Lipinski definition) is 2. The quantitative estimate of drug-likeness (QED) is 0.240. The number of esters is 2. The largest absolute Gasteiger partial charge is 0.461 e. The summed E-state index contributed by atoms with van der Waals surface area (Å²) in [7, 11) is -3.78. The minimum Gasteiger partial charge on any atom is -0.461 e. The van der Waals surface area contributed by atoms with Crippen LogP contribution >= 0.6 is 7.37 Å². The van der Waals surface area contributed by atoms with E-state index in [0.29, 0.717) is 25.8 Å². The SMILES string of the molecule is O=C(CP(=O)(O)CCCCc1ccccc1)OC(=O)[C@]1(Oc2ccc(F)cc2)CCCN1. The molecule has 32 heavy (non-hydrogen) atoms. The fourth-order valence-electron chi connectivity index (χ4n) is 3.55. The van der Waals surface area contributed by atoms with Crippen molar-refractivity contribution in [3.63, 3.8) is 0 Å². The number of carbonyl (C=O) groups is 2. The first-order valence-electron chi connectivity index (χ1n) is 10.6. The van der Waals surface area contributed by atoms with Crippen LogP contribution in [0.5, 0.6) is 5.75 Å². The maximum atomic E-state index is 13.1. The summed E-state index contributed by atoms with van der Waals surface area (Å²) in [6, 6.07) is 14.9. The van der Waals surface area contributed by atoms with Gasteiger partial charge < -0.3 is 14.4 Å². The van der Waals surface area contributed by atoms with Gasteiger partial charge in [0.05, 0.1) is 0 Å². The standard InChI is InChI=1S/C23H27FNO6P/c24-19-10-12-20(13-11-19)31-23(14-6-15-25-23)22(27)30-21(26)17-32(28,29)16-5-4-9-18-7-2-1-3-8-18/h1-3,7-8,10-13,25H,4-6,9,14-17H2,(H,28,29)/t23-/m1/s1. The summed E-state index contributed by atoms with van der Waals surface area (Å²) in [5.41, 5.74) is -0.455. The van der Waals surface area contributed by atoms with Crippen molar-refractivity contribution in [2.24, 2.45) is 0 Å². The van der Waals surface area contributed by atoms with Crippen LogP contribution in [0.3, 0.4) is 0 Å². The maximum Gasteiger partial charge on any atom is 0.374 e. The van der Waals surface area contributed by atoms with Gasteiger partial charge in [-0.2, -0.15) is 0 Å². The molecule has 0 spiro atoms. The lowest BCUT2D eigenvalue weighted by Crippen LogP contribution is -2.54. The van der Waals surface area contributed by atoms with Crippen molar-refractivity contribution >= 4 is 19.3 Å². The molecule has 1 heterocycles. The number of benzene rings is 2. The van der Waals surface area contributed by atoms with E-state index in [9.17, 15) is 23.4 Å². The van der Waals surface area contributed by atoms with Gasteiger partial charge in [-0.05, 0) is 62.1 Å². The summed E-state index contributed by atoms with van der Waals surface area (Å²) in [5.74, 6) is -2.27. The van der Waals surface area contributed by atoms with Gasteiger partial charge in [0.1, 0.15) is 17.7 Å². The molecule has 0 aliphatic carbocycles. The zero-order valence-electron chi connectivity index (χ0n) is 17.7. The highest BCUT2D eigenvalue weighted by Crippen LogP contribution is 2.41. The first kappa shape index (κ1) is 24.1. The number of aryl methyl sites for hydroxylation is 1. The Morgan fingerprint density at radius 2 is 1.81 bits per heavy atom. The van der Waals surface area contributed by atoms with E-state index in [1.807, 2.05) is 30.3 Å². The first-order valence-corrected chi connectivity index (χ1v) is 12.6. The van der Waals surface area contributed by atoms with Crippen LogP contribution in [0.25, 0.3) is 0 Å². The van der Waals surface area contributed by atoms with Gasteiger partial charge in [0.2, 0.25) is 7.37 Å². The van der Waals surface area contributed by atoms with Gasteiger partial charge in [0.25, 0.3) is 5.72 Å². The molecule has 2 atom stereocenters. The molecule has 2 N–H and O–H groups in total. The topological polar surface area (TPSA) is 102 Å². The smallest absolute Gasteiger partial charge is 0.374 e. The van der Waals surface area contributed by atoms with Crippen molar-refractivity contribution in [1.29, 1.82) is 0 Å². The second-order valence-corrected chi connectivity index (χ2v) is 10.3. The summed E-state index contributed by atoms with van der Waals surface area (Å²) in [4.78, 5) is 35.0. The van der Waals surface area contributed by atoms with Crippen molar-refractivity contribution < 1.29 is 32.9 Å². The van der Waals surface area contributed by atoms with Crippen LogP contribution in [-0.2, 0) is 25.3 Å². The van der Waals surface area contributed by atoms with E-state index in [1.54, 1.807) is 0 Å². The minimum atomic E-state index is -3.78. The highest BCUT2D eigenvalue weighted by atomic mass is 31.2. The molecule has 2 aromatic carbocycles. The lowest BCUT2D eigenvalue weighted by Gasteiger charge is -2.27. The number of ether oxygens (including phenoxy) is 2. The predicted molar refractivity (Wildman–Crippen MR) is 117 cm³/mol. The van der Waals surface area contributed by atoms with Gasteiger partial charge in [0.15, 0.2) is 0 Å². The highest BCUT2D eigenvalue weighted by molar-refractivity contribution is 7.58. The van der Waals surface area contributed by atoms with Gasteiger partial charge in [-0.15, -0.1) is 0 Å². The van der Waals surface area contributed by atoms with Gasteiger partial charge in [0, 0.05) is 12.6 Å². The Balaban J connectivity index is 1.49. The third-order valence-electron chi connectivity index (χ3n) is 5.20. The van der Waals surface area contributed by atoms with Crippen LogP contribution in [0.15, 0.2) is 54.6 Å². The van der Waals surface area contributed by atoms with Crippen LogP contribution in [0.2, 0.25) is 0 Å². The molecule has 1 saturated heterocycles. The molecule has 2 aromatic rings. The number of rotatable bonds is 10. The maximum absolute atomic E-state index is 13.1. The molecular formula is C23H27FNO6P. The third-order valence-corrected chi connectivity index (χ3v) is 6.97. The molecule has 0 bridgehead atoms. The van der Waals surface area contributed by atoms with Gasteiger partial charge in [-0.3, -0.25) is 14.7 Å². The van der Waals surface area contributed by atoms with Gasteiger partial charge >= 0.3 is 11.9 Å². The Bertz CT molecular complexity index is 960. The van der Waals surface area contributed by atoms with Crippen molar-refractivity contribution in [2.75, 3.05) is 18.9 Å². The normalized spacial score (nSPS) is 19.8. The first-order chi connectivity index (χ1) is 15.3. The Morgan fingerprint density at radius 3 is 2.47 bits per heavy atom. The minimum absolute atomic E-state index is 0.0292. The zero-order valence-corrected chi connectivity index (χ0v) is 18.6. The molecule has 0 radical (unpaired) electrons.